The summed E-state index contributed by atoms with van der Waals surface area (Å²) in [7, 11) is -5.39. The molecule has 0 saturated carbocycles. The fourth-order valence-corrected chi connectivity index (χ4v) is 0.577. The van der Waals surface area contributed by atoms with Gasteiger partial charge >= 0.3 is 0 Å². The maximum Gasteiger partial charge on any atom is -0.0260 e. The number of rotatable bonds is 1. The van der Waals surface area contributed by atoms with Crippen molar-refractivity contribution in [1.29, 1.82) is 0 Å². The highest BCUT2D eigenvalue weighted by Gasteiger charge is 1.95. The van der Waals surface area contributed by atoms with Crippen molar-refractivity contribution < 1.29 is 19.2 Å². The van der Waals surface area contributed by atoms with Gasteiger partial charge in [-0.05, 0) is 26.7 Å². The van der Waals surface area contributed by atoms with Crippen LogP contribution in [0.15, 0.2) is 11.1 Å². The second-order valence-electron chi connectivity index (χ2n) is 3.28. The molecule has 13 heavy (non-hydrogen) atoms. The van der Waals surface area contributed by atoms with E-state index in [9.17, 15) is 0 Å². The van der Waals surface area contributed by atoms with Gasteiger partial charge in [0, 0.05) is 0 Å². The normalized spacial score (nSPS) is 10.5. The predicted molar refractivity (Wildman–Crippen MR) is 46.5 cm³/mol. The molecule has 0 aromatic rings. The summed E-state index contributed by atoms with van der Waals surface area (Å²) in [6, 6.07) is 0. The van der Waals surface area contributed by atoms with Gasteiger partial charge < -0.3 is 19.2 Å². The Hall–Kier alpha value is -0.150. The van der Waals surface area contributed by atoms with Gasteiger partial charge in [0.05, 0.1) is 0 Å². The standard InChI is InChI=1S/C8H16.H3O4P/c1-6(2)8(5)7(3)4;1-5(2,3)4/h6H,1-5H3;(H3,1,2,3,4)/p-3. The van der Waals surface area contributed by atoms with Crippen LogP contribution in [-0.2, 0) is 4.57 Å². The van der Waals surface area contributed by atoms with Gasteiger partial charge in [-0.3, -0.25) is 0 Å². The molecule has 0 heterocycles. The summed E-state index contributed by atoms with van der Waals surface area (Å²) >= 11 is 0. The van der Waals surface area contributed by atoms with Gasteiger partial charge in [-0.15, -0.1) is 0 Å². The molecule has 0 unspecified atom stereocenters. The van der Waals surface area contributed by atoms with E-state index in [-0.39, 0.29) is 0 Å². The Morgan fingerprint density at radius 2 is 1.31 bits per heavy atom. The van der Waals surface area contributed by atoms with Gasteiger partial charge in [0.15, 0.2) is 0 Å². The molecule has 0 aromatic carbocycles. The quantitative estimate of drug-likeness (QED) is 0.453. The number of allylic oxidation sites excluding steroid dienone is 2. The first-order chi connectivity index (χ1) is 5.55. The lowest BCUT2D eigenvalue weighted by Gasteiger charge is -2.36. The van der Waals surface area contributed by atoms with Crippen LogP contribution in [0.3, 0.4) is 0 Å². The van der Waals surface area contributed by atoms with Gasteiger partial charge in [0.25, 0.3) is 0 Å². The minimum atomic E-state index is -5.39. The Labute approximate surface area is 79.5 Å². The fraction of sp³-hybridized carbons (Fsp3) is 0.750. The van der Waals surface area contributed by atoms with E-state index in [0.717, 1.165) is 5.92 Å². The van der Waals surface area contributed by atoms with Crippen LogP contribution < -0.4 is 14.7 Å². The molecule has 5 heteroatoms. The van der Waals surface area contributed by atoms with Crippen molar-refractivity contribution >= 4 is 7.82 Å². The molecule has 0 fully saturated rings. The van der Waals surface area contributed by atoms with Gasteiger partial charge in [0.2, 0.25) is 0 Å². The summed E-state index contributed by atoms with van der Waals surface area (Å²) in [6.07, 6.45) is 0. The number of hydrogen-bond acceptors (Lipinski definition) is 4. The second-order valence-corrected chi connectivity index (χ2v) is 4.18. The maximum absolute atomic E-state index is 8.55. The molecule has 0 spiro atoms. The first-order valence-electron chi connectivity index (χ1n) is 3.92. The van der Waals surface area contributed by atoms with Crippen LogP contribution in [0, 0.1) is 5.92 Å². The van der Waals surface area contributed by atoms with E-state index in [4.69, 9.17) is 19.2 Å². The summed E-state index contributed by atoms with van der Waals surface area (Å²) < 4.78 is 8.55. The fourth-order valence-electron chi connectivity index (χ4n) is 0.577. The monoisotopic (exact) mass is 207 g/mol. The van der Waals surface area contributed by atoms with E-state index < -0.39 is 7.82 Å². The van der Waals surface area contributed by atoms with Crippen molar-refractivity contribution in [3.8, 4) is 0 Å². The van der Waals surface area contributed by atoms with E-state index in [1.807, 2.05) is 0 Å². The Bertz CT molecular complexity index is 202. The molecule has 0 amide bonds. The van der Waals surface area contributed by atoms with Gasteiger partial charge in [-0.2, -0.15) is 7.82 Å². The molecule has 0 radical (unpaired) electrons. The summed E-state index contributed by atoms with van der Waals surface area (Å²) in [6.45, 7) is 11.0. The van der Waals surface area contributed by atoms with Crippen LogP contribution in [0.1, 0.15) is 34.6 Å². The van der Waals surface area contributed by atoms with Crippen molar-refractivity contribution in [3.05, 3.63) is 11.1 Å². The van der Waals surface area contributed by atoms with Crippen molar-refractivity contribution in [3.63, 3.8) is 0 Å². The molecule has 0 aliphatic heterocycles. The van der Waals surface area contributed by atoms with Crippen molar-refractivity contribution in [2.24, 2.45) is 5.92 Å². The lowest BCUT2D eigenvalue weighted by atomic mass is 10.0. The van der Waals surface area contributed by atoms with Crippen LogP contribution >= 0.6 is 7.82 Å². The molecule has 0 N–H and O–H groups in total. The largest absolute Gasteiger partial charge is 0.822 e. The number of phosphoric acid groups is 1. The summed E-state index contributed by atoms with van der Waals surface area (Å²) in [5.74, 6) is 0.722. The van der Waals surface area contributed by atoms with E-state index in [2.05, 4.69) is 34.6 Å². The molecule has 0 aromatic heterocycles. The van der Waals surface area contributed by atoms with E-state index in [1.165, 1.54) is 11.1 Å². The molecular formula is C8H16O4P-3. The first-order valence-corrected chi connectivity index (χ1v) is 5.38. The van der Waals surface area contributed by atoms with Gasteiger partial charge in [-0.25, -0.2) is 0 Å². The predicted octanol–water partition coefficient (Wildman–Crippen LogP) is 0.174. The van der Waals surface area contributed by atoms with Crippen LogP contribution in [0.2, 0.25) is 0 Å². The molecule has 0 rings (SSSR count). The molecule has 0 atom stereocenters. The SMILES string of the molecule is CC(C)=C(C)C(C)C.O=P([O-])([O-])[O-]. The number of hydrogen-bond donors (Lipinski definition) is 0. The third-order valence-electron chi connectivity index (χ3n) is 1.65. The average molecular weight is 207 g/mol. The highest BCUT2D eigenvalue weighted by atomic mass is 31.2. The molecular weight excluding hydrogens is 191 g/mol. The van der Waals surface area contributed by atoms with Crippen LogP contribution in [0.25, 0.3) is 0 Å². The lowest BCUT2D eigenvalue weighted by molar-refractivity contribution is -0.432. The zero-order valence-corrected chi connectivity index (χ0v) is 9.55. The summed E-state index contributed by atoms with van der Waals surface area (Å²) in [5, 5.41) is 0. The zero-order chi connectivity index (χ0) is 11.2. The molecule has 0 bridgehead atoms. The van der Waals surface area contributed by atoms with Crippen LogP contribution in [0.4, 0.5) is 0 Å². The van der Waals surface area contributed by atoms with E-state index in [0.29, 0.717) is 0 Å². The molecule has 0 saturated heterocycles. The van der Waals surface area contributed by atoms with Crippen molar-refractivity contribution in [2.75, 3.05) is 0 Å². The minimum Gasteiger partial charge on any atom is -0.822 e. The van der Waals surface area contributed by atoms with Crippen LogP contribution in [-0.4, -0.2) is 0 Å². The summed E-state index contributed by atoms with van der Waals surface area (Å²) in [4.78, 5) is 25.6. The second kappa shape index (κ2) is 6.33. The van der Waals surface area contributed by atoms with Crippen molar-refractivity contribution in [2.45, 2.75) is 34.6 Å². The van der Waals surface area contributed by atoms with Gasteiger partial charge in [-0.1, -0.05) is 25.0 Å². The van der Waals surface area contributed by atoms with E-state index >= 15 is 0 Å². The Kier molecular flexibility index (Phi) is 7.46. The lowest BCUT2D eigenvalue weighted by Crippen LogP contribution is -2.24. The zero-order valence-electron chi connectivity index (χ0n) is 8.66. The third-order valence-corrected chi connectivity index (χ3v) is 1.65. The topological polar surface area (TPSA) is 86.2 Å². The minimum absolute atomic E-state index is 0.722. The van der Waals surface area contributed by atoms with Gasteiger partial charge in [0.1, 0.15) is 0 Å². The Morgan fingerprint density at radius 3 is 1.31 bits per heavy atom. The van der Waals surface area contributed by atoms with Crippen molar-refractivity contribution in [1.82, 2.24) is 0 Å². The maximum atomic E-state index is 8.55. The third kappa shape index (κ3) is 18.7. The molecule has 0 aliphatic rings. The van der Waals surface area contributed by atoms with E-state index in [1.54, 1.807) is 0 Å². The highest BCUT2D eigenvalue weighted by Crippen LogP contribution is 2.11. The first kappa shape index (κ1) is 15.3. The Morgan fingerprint density at radius 1 is 1.08 bits per heavy atom. The Balaban J connectivity index is 0. The summed E-state index contributed by atoms with van der Waals surface area (Å²) in [5.41, 5.74) is 2.98. The van der Waals surface area contributed by atoms with Crippen LogP contribution in [0.5, 0.6) is 0 Å². The smallest absolute Gasteiger partial charge is 0.0260 e. The molecule has 0 aliphatic carbocycles. The average Bonchev–Trinajstić information content (AvgIpc) is 1.81. The molecule has 80 valence electrons. The highest BCUT2D eigenvalue weighted by molar-refractivity contribution is 7.40. The molecule has 4 nitrogen and oxygen atoms in total.